The van der Waals surface area contributed by atoms with Crippen molar-refractivity contribution in [3.8, 4) is 0 Å². The van der Waals surface area contributed by atoms with Gasteiger partial charge in [0.05, 0.1) is 0 Å². The number of hydrogen-bond donors (Lipinski definition) is 0. The summed E-state index contributed by atoms with van der Waals surface area (Å²) in [4.78, 5) is 2.63. The smallest absolute Gasteiger partial charge is 0.0494 e. The van der Waals surface area contributed by atoms with Gasteiger partial charge in [-0.1, -0.05) is 41.6 Å². The van der Waals surface area contributed by atoms with Gasteiger partial charge in [0.1, 0.15) is 0 Å². The molecule has 0 aliphatic rings. The van der Waals surface area contributed by atoms with E-state index in [0.717, 1.165) is 0 Å². The minimum absolute atomic E-state index is 0.477. The van der Waals surface area contributed by atoms with Crippen LogP contribution in [0.2, 0.25) is 0 Å². The van der Waals surface area contributed by atoms with E-state index in [4.69, 9.17) is 0 Å². The van der Waals surface area contributed by atoms with Crippen LogP contribution >= 0.6 is 11.8 Å². The molecule has 0 aliphatic carbocycles. The van der Waals surface area contributed by atoms with Gasteiger partial charge in [-0.3, -0.25) is 0 Å². The zero-order valence-corrected chi connectivity index (χ0v) is 12.9. The first-order chi connectivity index (χ1) is 9.65. The van der Waals surface area contributed by atoms with Gasteiger partial charge in [-0.2, -0.15) is 0 Å². The fraction of sp³-hybridized carbons (Fsp3) is 0.222. The summed E-state index contributed by atoms with van der Waals surface area (Å²) in [7, 11) is 0. The van der Waals surface area contributed by atoms with Gasteiger partial charge in [-0.05, 0) is 45.0 Å². The van der Waals surface area contributed by atoms with Crippen LogP contribution in [0.15, 0.2) is 64.5 Å². The second-order valence-corrected chi connectivity index (χ2v) is 6.55. The first kappa shape index (κ1) is 13.3. The number of hydrogen-bond acceptors (Lipinski definition) is 1. The average molecular weight is 281 g/mol. The molecule has 3 rings (SSSR count). The Kier molecular flexibility index (Phi) is 3.58. The molecule has 0 unspecified atom stereocenters. The zero-order chi connectivity index (χ0) is 14.1. The molecule has 20 heavy (non-hydrogen) atoms. The molecule has 0 saturated carbocycles. The SMILES string of the molecule is Cc1ccc2c(c1)c(Sc1ccccc1)cn2C(C)C. The summed E-state index contributed by atoms with van der Waals surface area (Å²) in [6, 6.07) is 17.8. The van der Waals surface area contributed by atoms with Crippen LogP contribution in [0.1, 0.15) is 25.5 Å². The molecule has 1 heterocycles. The van der Waals surface area contributed by atoms with Gasteiger partial charge in [0.15, 0.2) is 0 Å². The second kappa shape index (κ2) is 5.37. The number of benzene rings is 2. The van der Waals surface area contributed by atoms with Crippen LogP contribution in [0.5, 0.6) is 0 Å². The number of fused-ring (bicyclic) bond motifs is 1. The van der Waals surface area contributed by atoms with Crippen LogP contribution in [0, 0.1) is 6.92 Å². The Balaban J connectivity index is 2.12. The highest BCUT2D eigenvalue weighted by atomic mass is 32.2. The van der Waals surface area contributed by atoms with Crippen molar-refractivity contribution in [2.24, 2.45) is 0 Å². The van der Waals surface area contributed by atoms with E-state index in [1.807, 2.05) is 11.8 Å². The van der Waals surface area contributed by atoms with Crippen LogP contribution in [0.25, 0.3) is 10.9 Å². The van der Waals surface area contributed by atoms with Crippen molar-refractivity contribution in [1.29, 1.82) is 0 Å². The Morgan fingerprint density at radius 2 is 1.75 bits per heavy atom. The summed E-state index contributed by atoms with van der Waals surface area (Å²) >= 11 is 1.84. The minimum atomic E-state index is 0.477. The van der Waals surface area contributed by atoms with Crippen LogP contribution in [-0.2, 0) is 0 Å². The number of rotatable bonds is 3. The van der Waals surface area contributed by atoms with Gasteiger partial charge in [0.2, 0.25) is 0 Å². The van der Waals surface area contributed by atoms with Crippen molar-refractivity contribution in [2.75, 3.05) is 0 Å². The largest absolute Gasteiger partial charge is 0.344 e. The Labute approximate surface area is 124 Å². The molecule has 0 atom stereocenters. The molecule has 0 amide bonds. The van der Waals surface area contributed by atoms with Crippen molar-refractivity contribution >= 4 is 22.7 Å². The van der Waals surface area contributed by atoms with Gasteiger partial charge >= 0.3 is 0 Å². The first-order valence-electron chi connectivity index (χ1n) is 6.99. The molecule has 0 fully saturated rings. The van der Waals surface area contributed by atoms with Gasteiger partial charge in [0, 0.05) is 32.9 Å². The van der Waals surface area contributed by atoms with Gasteiger partial charge in [0.25, 0.3) is 0 Å². The van der Waals surface area contributed by atoms with E-state index in [2.05, 4.69) is 80.1 Å². The standard InChI is InChI=1S/C18H19NS/c1-13(2)19-12-18(20-15-7-5-4-6-8-15)16-11-14(3)9-10-17(16)19/h4-13H,1-3H3. The topological polar surface area (TPSA) is 4.93 Å². The van der Waals surface area contributed by atoms with Crippen LogP contribution in [0.4, 0.5) is 0 Å². The molecular weight excluding hydrogens is 262 g/mol. The van der Waals surface area contributed by atoms with E-state index in [9.17, 15) is 0 Å². The molecule has 3 aromatic rings. The van der Waals surface area contributed by atoms with Gasteiger partial charge in [-0.15, -0.1) is 0 Å². The first-order valence-corrected chi connectivity index (χ1v) is 7.81. The van der Waals surface area contributed by atoms with Crippen LogP contribution < -0.4 is 0 Å². The lowest BCUT2D eigenvalue weighted by Crippen LogP contribution is -1.97. The summed E-state index contributed by atoms with van der Waals surface area (Å²) in [5, 5.41) is 1.35. The van der Waals surface area contributed by atoms with Crippen LogP contribution in [0.3, 0.4) is 0 Å². The van der Waals surface area contributed by atoms with Crippen molar-refractivity contribution in [1.82, 2.24) is 4.57 Å². The molecule has 0 N–H and O–H groups in total. The van der Waals surface area contributed by atoms with E-state index >= 15 is 0 Å². The maximum atomic E-state index is 2.36. The molecule has 0 spiro atoms. The molecule has 102 valence electrons. The van der Waals surface area contributed by atoms with E-state index in [1.54, 1.807) is 0 Å². The third-order valence-electron chi connectivity index (χ3n) is 3.48. The lowest BCUT2D eigenvalue weighted by atomic mass is 10.2. The van der Waals surface area contributed by atoms with Crippen LogP contribution in [-0.4, -0.2) is 4.57 Å². The highest BCUT2D eigenvalue weighted by Crippen LogP contribution is 2.36. The Morgan fingerprint density at radius 3 is 2.45 bits per heavy atom. The lowest BCUT2D eigenvalue weighted by Gasteiger charge is -2.08. The summed E-state index contributed by atoms with van der Waals surface area (Å²) in [5.41, 5.74) is 2.64. The Hall–Kier alpha value is -1.67. The summed E-state index contributed by atoms with van der Waals surface area (Å²) in [5.74, 6) is 0. The number of aromatic nitrogens is 1. The maximum absolute atomic E-state index is 2.36. The quantitative estimate of drug-likeness (QED) is 0.597. The van der Waals surface area contributed by atoms with Gasteiger partial charge in [-0.25, -0.2) is 0 Å². The molecule has 1 nitrogen and oxygen atoms in total. The third-order valence-corrected chi connectivity index (χ3v) is 4.53. The van der Waals surface area contributed by atoms with E-state index in [0.29, 0.717) is 6.04 Å². The Bertz CT molecular complexity index is 726. The lowest BCUT2D eigenvalue weighted by molar-refractivity contribution is 0.620. The molecule has 1 aromatic heterocycles. The van der Waals surface area contributed by atoms with Gasteiger partial charge < -0.3 is 4.57 Å². The highest BCUT2D eigenvalue weighted by molar-refractivity contribution is 7.99. The van der Waals surface area contributed by atoms with E-state index < -0.39 is 0 Å². The third kappa shape index (κ3) is 2.48. The maximum Gasteiger partial charge on any atom is 0.0494 e. The molecule has 0 radical (unpaired) electrons. The highest BCUT2D eigenvalue weighted by Gasteiger charge is 2.11. The second-order valence-electron chi connectivity index (χ2n) is 5.43. The van der Waals surface area contributed by atoms with E-state index in [1.165, 1.54) is 26.3 Å². The summed E-state index contributed by atoms with van der Waals surface area (Å²) in [6.45, 7) is 6.62. The van der Waals surface area contributed by atoms with Crippen molar-refractivity contribution in [3.05, 3.63) is 60.3 Å². The van der Waals surface area contributed by atoms with E-state index in [-0.39, 0.29) is 0 Å². The molecule has 0 bridgehead atoms. The van der Waals surface area contributed by atoms with Crippen molar-refractivity contribution in [3.63, 3.8) is 0 Å². The fourth-order valence-electron chi connectivity index (χ4n) is 2.46. The zero-order valence-electron chi connectivity index (χ0n) is 12.1. The monoisotopic (exact) mass is 281 g/mol. The predicted octanol–water partition coefficient (Wildman–Crippen LogP) is 5.68. The normalized spacial score (nSPS) is 11.4. The predicted molar refractivity (Wildman–Crippen MR) is 87.6 cm³/mol. The molecule has 0 saturated heterocycles. The Morgan fingerprint density at radius 1 is 1.00 bits per heavy atom. The van der Waals surface area contributed by atoms with Crippen molar-refractivity contribution < 1.29 is 0 Å². The average Bonchev–Trinajstić information content (AvgIpc) is 2.78. The molecular formula is C18H19NS. The fourth-order valence-corrected chi connectivity index (χ4v) is 3.45. The summed E-state index contributed by atoms with van der Waals surface area (Å²) < 4.78 is 2.36. The molecule has 2 aromatic carbocycles. The molecule has 2 heteroatoms. The minimum Gasteiger partial charge on any atom is -0.344 e. The number of aryl methyl sites for hydroxylation is 1. The summed E-state index contributed by atoms with van der Waals surface area (Å²) in [6.07, 6.45) is 2.28. The molecule has 0 aliphatic heterocycles. The van der Waals surface area contributed by atoms with Crippen molar-refractivity contribution in [2.45, 2.75) is 36.6 Å². The number of nitrogens with zero attached hydrogens (tertiary/aromatic N) is 1.